The largest absolute Gasteiger partial charge is 0.465 e. The minimum absolute atomic E-state index is 0.113. The zero-order valence-corrected chi connectivity index (χ0v) is 11.5. The van der Waals surface area contributed by atoms with Gasteiger partial charge in [0.2, 0.25) is 0 Å². The number of nitriles is 1. The zero-order chi connectivity index (χ0) is 14.1. The maximum Gasteiger partial charge on any atom is 0.320 e. The van der Waals surface area contributed by atoms with Crippen molar-refractivity contribution in [1.29, 1.82) is 5.26 Å². The second-order valence-electron chi connectivity index (χ2n) is 4.49. The van der Waals surface area contributed by atoms with Gasteiger partial charge in [-0.3, -0.25) is 9.69 Å². The van der Waals surface area contributed by atoms with E-state index in [2.05, 4.69) is 6.07 Å². The first kappa shape index (κ1) is 15.2. The summed E-state index contributed by atoms with van der Waals surface area (Å²) in [7, 11) is 0. The van der Waals surface area contributed by atoms with Crippen LogP contribution in [0.15, 0.2) is 30.3 Å². The molecule has 0 aliphatic rings. The summed E-state index contributed by atoms with van der Waals surface area (Å²) in [4.78, 5) is 13.5. The van der Waals surface area contributed by atoms with Crippen molar-refractivity contribution in [1.82, 2.24) is 4.90 Å². The summed E-state index contributed by atoms with van der Waals surface area (Å²) in [5, 5.41) is 8.89. The fourth-order valence-electron chi connectivity index (χ4n) is 1.84. The van der Waals surface area contributed by atoms with Crippen LogP contribution in [0.1, 0.15) is 19.4 Å². The number of benzene rings is 1. The normalized spacial score (nSPS) is 11.9. The molecule has 102 valence electrons. The van der Waals surface area contributed by atoms with Crippen molar-refractivity contribution in [2.45, 2.75) is 20.4 Å². The van der Waals surface area contributed by atoms with Gasteiger partial charge in [0.15, 0.2) is 0 Å². The molecule has 19 heavy (non-hydrogen) atoms. The van der Waals surface area contributed by atoms with Crippen LogP contribution < -0.4 is 0 Å². The Balaban J connectivity index is 2.64. The number of nitrogens with zero attached hydrogens (tertiary/aromatic N) is 2. The molecule has 0 aliphatic carbocycles. The number of carbonyl (C=O) groups is 1. The molecule has 4 nitrogen and oxygen atoms in total. The molecular formula is C15H20N2O2. The maximum atomic E-state index is 11.6. The zero-order valence-electron chi connectivity index (χ0n) is 11.5. The third-order valence-electron chi connectivity index (χ3n) is 2.66. The summed E-state index contributed by atoms with van der Waals surface area (Å²) in [5.41, 5.74) is 1.12. The van der Waals surface area contributed by atoms with Gasteiger partial charge in [0.1, 0.15) is 0 Å². The van der Waals surface area contributed by atoms with E-state index >= 15 is 0 Å². The summed E-state index contributed by atoms with van der Waals surface area (Å²) in [6, 6.07) is 12.1. The van der Waals surface area contributed by atoms with Gasteiger partial charge < -0.3 is 4.74 Å². The second-order valence-corrected chi connectivity index (χ2v) is 4.49. The number of esters is 1. The lowest BCUT2D eigenvalue weighted by atomic mass is 10.1. The molecule has 1 atom stereocenters. The Labute approximate surface area is 114 Å². The van der Waals surface area contributed by atoms with Crippen molar-refractivity contribution >= 4 is 5.97 Å². The topological polar surface area (TPSA) is 53.3 Å². The highest BCUT2D eigenvalue weighted by molar-refractivity contribution is 5.71. The van der Waals surface area contributed by atoms with E-state index < -0.39 is 0 Å². The number of hydrogen-bond donors (Lipinski definition) is 0. The molecule has 0 saturated heterocycles. The first-order valence-electron chi connectivity index (χ1n) is 6.47. The predicted octanol–water partition coefficient (Wildman–Crippen LogP) is 2.21. The lowest BCUT2D eigenvalue weighted by Crippen LogP contribution is -2.33. The van der Waals surface area contributed by atoms with E-state index in [0.29, 0.717) is 19.7 Å². The van der Waals surface area contributed by atoms with Crippen LogP contribution in [0.4, 0.5) is 0 Å². The van der Waals surface area contributed by atoms with Gasteiger partial charge in [0.05, 0.1) is 25.1 Å². The van der Waals surface area contributed by atoms with E-state index in [4.69, 9.17) is 10.00 Å². The van der Waals surface area contributed by atoms with E-state index in [-0.39, 0.29) is 18.4 Å². The van der Waals surface area contributed by atoms with Gasteiger partial charge in [-0.25, -0.2) is 0 Å². The molecule has 1 rings (SSSR count). The average molecular weight is 260 g/mol. The minimum Gasteiger partial charge on any atom is -0.465 e. The first-order valence-corrected chi connectivity index (χ1v) is 6.47. The number of rotatable bonds is 7. The van der Waals surface area contributed by atoms with Crippen LogP contribution in [0, 0.1) is 17.2 Å². The van der Waals surface area contributed by atoms with E-state index in [9.17, 15) is 4.79 Å². The molecule has 0 fully saturated rings. The molecule has 0 N–H and O–H groups in total. The molecule has 0 bridgehead atoms. The molecule has 1 unspecified atom stereocenters. The first-order chi connectivity index (χ1) is 9.15. The van der Waals surface area contributed by atoms with Gasteiger partial charge in [-0.15, -0.1) is 0 Å². The Morgan fingerprint density at radius 1 is 1.42 bits per heavy atom. The summed E-state index contributed by atoms with van der Waals surface area (Å²) in [5.74, 6) is -0.360. The van der Waals surface area contributed by atoms with Crippen LogP contribution >= 0.6 is 0 Å². The Kier molecular flexibility index (Phi) is 6.62. The SMILES string of the molecule is CCOC(=O)CN(Cc1ccccc1)CC(C)C#N. The molecule has 0 spiro atoms. The van der Waals surface area contributed by atoms with Gasteiger partial charge in [-0.2, -0.15) is 5.26 Å². The fourth-order valence-corrected chi connectivity index (χ4v) is 1.84. The lowest BCUT2D eigenvalue weighted by molar-refractivity contribution is -0.144. The summed E-state index contributed by atoms with van der Waals surface area (Å²) < 4.78 is 4.96. The maximum absolute atomic E-state index is 11.6. The van der Waals surface area contributed by atoms with Gasteiger partial charge in [-0.1, -0.05) is 30.3 Å². The number of hydrogen-bond acceptors (Lipinski definition) is 4. The van der Waals surface area contributed by atoms with Crippen LogP contribution in [-0.2, 0) is 16.1 Å². The Bertz CT molecular complexity index is 426. The molecule has 0 aliphatic heterocycles. The van der Waals surface area contributed by atoms with Crippen molar-refractivity contribution in [3.8, 4) is 6.07 Å². The monoisotopic (exact) mass is 260 g/mol. The minimum atomic E-state index is -0.247. The summed E-state index contributed by atoms with van der Waals surface area (Å²) in [6.07, 6.45) is 0. The van der Waals surface area contributed by atoms with Gasteiger partial charge in [-0.05, 0) is 19.4 Å². The molecule has 1 aromatic carbocycles. The molecule has 0 saturated carbocycles. The van der Waals surface area contributed by atoms with Crippen LogP contribution in [0.3, 0.4) is 0 Å². The van der Waals surface area contributed by atoms with Crippen molar-refractivity contribution in [3.63, 3.8) is 0 Å². The Morgan fingerprint density at radius 3 is 2.68 bits per heavy atom. The highest BCUT2D eigenvalue weighted by atomic mass is 16.5. The van der Waals surface area contributed by atoms with E-state index in [1.165, 1.54) is 0 Å². The highest BCUT2D eigenvalue weighted by Crippen LogP contribution is 2.07. The fraction of sp³-hybridized carbons (Fsp3) is 0.467. The predicted molar refractivity (Wildman–Crippen MR) is 73.1 cm³/mol. The molecule has 0 amide bonds. The molecule has 1 aromatic rings. The lowest BCUT2D eigenvalue weighted by Gasteiger charge is -2.22. The summed E-state index contributed by atoms with van der Waals surface area (Å²) in [6.45, 7) is 5.44. The third kappa shape index (κ3) is 6.03. The standard InChI is InChI=1S/C15H20N2O2/c1-3-19-15(18)12-17(10-13(2)9-16)11-14-7-5-4-6-8-14/h4-8,13H,3,10-12H2,1-2H3. The van der Waals surface area contributed by atoms with Crippen LogP contribution in [0.5, 0.6) is 0 Å². The van der Waals surface area contributed by atoms with Gasteiger partial charge in [0, 0.05) is 13.1 Å². The third-order valence-corrected chi connectivity index (χ3v) is 2.66. The van der Waals surface area contributed by atoms with E-state index in [1.54, 1.807) is 6.92 Å². The highest BCUT2D eigenvalue weighted by Gasteiger charge is 2.14. The van der Waals surface area contributed by atoms with Gasteiger partial charge in [0.25, 0.3) is 0 Å². The van der Waals surface area contributed by atoms with E-state index in [0.717, 1.165) is 5.56 Å². The molecular weight excluding hydrogens is 240 g/mol. The van der Waals surface area contributed by atoms with E-state index in [1.807, 2.05) is 42.2 Å². The van der Waals surface area contributed by atoms with Crippen LogP contribution in [0.25, 0.3) is 0 Å². The number of carbonyl (C=O) groups excluding carboxylic acids is 1. The number of ether oxygens (including phenoxy) is 1. The Hall–Kier alpha value is -1.86. The average Bonchev–Trinajstić information content (AvgIpc) is 2.39. The molecule has 0 heterocycles. The van der Waals surface area contributed by atoms with Crippen molar-refractivity contribution in [2.75, 3.05) is 19.7 Å². The van der Waals surface area contributed by atoms with Crippen LogP contribution in [-0.4, -0.2) is 30.6 Å². The Morgan fingerprint density at radius 2 is 2.11 bits per heavy atom. The second kappa shape index (κ2) is 8.28. The van der Waals surface area contributed by atoms with Crippen LogP contribution in [0.2, 0.25) is 0 Å². The van der Waals surface area contributed by atoms with Crippen molar-refractivity contribution in [2.24, 2.45) is 5.92 Å². The quantitative estimate of drug-likeness (QED) is 0.705. The molecule has 0 radical (unpaired) electrons. The summed E-state index contributed by atoms with van der Waals surface area (Å²) >= 11 is 0. The molecule has 4 heteroatoms. The van der Waals surface area contributed by atoms with Crippen molar-refractivity contribution < 1.29 is 9.53 Å². The smallest absolute Gasteiger partial charge is 0.320 e. The van der Waals surface area contributed by atoms with Crippen molar-refractivity contribution in [3.05, 3.63) is 35.9 Å². The van der Waals surface area contributed by atoms with Gasteiger partial charge >= 0.3 is 5.97 Å². The molecule has 0 aromatic heterocycles.